The van der Waals surface area contributed by atoms with Crippen molar-refractivity contribution in [2.75, 3.05) is 26.2 Å². The number of nitrogens with zero attached hydrogens (tertiary/aromatic N) is 6. The predicted octanol–water partition coefficient (Wildman–Crippen LogP) is 3.87. The minimum atomic E-state index is -3.96. The molecule has 0 amide bonds. The number of benzene rings is 2. The summed E-state index contributed by atoms with van der Waals surface area (Å²) in [5.41, 5.74) is 1.19. The van der Waals surface area contributed by atoms with Crippen molar-refractivity contribution >= 4 is 31.4 Å². The highest BCUT2D eigenvalue weighted by molar-refractivity contribution is 7.89. The fourth-order valence-electron chi connectivity index (χ4n) is 6.38. The summed E-state index contributed by atoms with van der Waals surface area (Å²) in [6.45, 7) is 1.65. The van der Waals surface area contributed by atoms with Crippen LogP contribution in [-0.2, 0) is 33.1 Å². The molecule has 0 radical (unpaired) electrons. The van der Waals surface area contributed by atoms with E-state index in [4.69, 9.17) is 0 Å². The second kappa shape index (κ2) is 17.7. The van der Waals surface area contributed by atoms with Gasteiger partial charge in [0, 0.05) is 88.0 Å². The van der Waals surface area contributed by atoms with Crippen molar-refractivity contribution < 1.29 is 26.7 Å². The Morgan fingerprint density at radius 1 is 0.615 bits per heavy atom. The minimum absolute atomic E-state index is 0.0602. The lowest BCUT2D eigenvalue weighted by Gasteiger charge is -2.45. The summed E-state index contributed by atoms with van der Waals surface area (Å²) >= 11 is 0. The number of nitro groups is 2. The fraction of sp³-hybridized carbons (Fsp3) is 0.353. The summed E-state index contributed by atoms with van der Waals surface area (Å²) in [6, 6.07) is 20.5. The lowest BCUT2D eigenvalue weighted by Crippen LogP contribution is -2.55. The summed E-state index contributed by atoms with van der Waals surface area (Å²) < 4.78 is 57.8. The van der Waals surface area contributed by atoms with Gasteiger partial charge in [-0.15, -0.1) is 0 Å². The smallest absolute Gasteiger partial charge is 0.269 e. The van der Waals surface area contributed by atoms with Crippen LogP contribution < -0.4 is 9.44 Å². The maximum absolute atomic E-state index is 13.1. The van der Waals surface area contributed by atoms with Gasteiger partial charge in [0.2, 0.25) is 20.0 Å². The highest BCUT2D eigenvalue weighted by Crippen LogP contribution is 2.29. The molecule has 4 aromatic rings. The van der Waals surface area contributed by atoms with Gasteiger partial charge in [-0.1, -0.05) is 25.0 Å². The third-order valence-electron chi connectivity index (χ3n) is 8.91. The molecule has 2 aromatic heterocycles. The zero-order valence-electron chi connectivity index (χ0n) is 28.2. The molecule has 1 aliphatic carbocycles. The number of aromatic nitrogens is 2. The molecule has 18 heteroatoms. The second-order valence-electron chi connectivity index (χ2n) is 12.3. The molecule has 1 aliphatic rings. The van der Waals surface area contributed by atoms with Crippen molar-refractivity contribution in [3.05, 3.63) is 129 Å². The molecule has 2 N–H and O–H groups in total. The molecule has 0 saturated heterocycles. The number of sulfonamides is 2. The molecule has 0 spiro atoms. The number of pyridine rings is 2. The molecule has 0 bridgehead atoms. The highest BCUT2D eigenvalue weighted by atomic mass is 32.2. The monoisotopic (exact) mass is 752 g/mol. The van der Waals surface area contributed by atoms with Gasteiger partial charge >= 0.3 is 0 Å². The van der Waals surface area contributed by atoms with E-state index in [1.54, 1.807) is 12.4 Å². The number of hydrogen-bond acceptors (Lipinski definition) is 12. The maximum Gasteiger partial charge on any atom is 0.269 e. The Hall–Kier alpha value is -4.72. The van der Waals surface area contributed by atoms with E-state index in [-0.39, 0.29) is 46.3 Å². The van der Waals surface area contributed by atoms with Crippen LogP contribution in [-0.4, -0.2) is 84.7 Å². The largest absolute Gasteiger partial charge is 0.292 e. The van der Waals surface area contributed by atoms with Crippen molar-refractivity contribution in [2.24, 2.45) is 0 Å². The molecule has 1 saturated carbocycles. The molecular formula is C34H40N8O8S2. The van der Waals surface area contributed by atoms with Gasteiger partial charge in [0.15, 0.2) is 0 Å². The Kier molecular flexibility index (Phi) is 13.1. The molecule has 0 aliphatic heterocycles. The van der Waals surface area contributed by atoms with E-state index < -0.39 is 29.9 Å². The Labute approximate surface area is 302 Å². The number of nitro benzene ring substituents is 2. The average molecular weight is 753 g/mol. The van der Waals surface area contributed by atoms with Gasteiger partial charge in [-0.05, 0) is 61.4 Å². The van der Waals surface area contributed by atoms with Crippen LogP contribution in [0, 0.1) is 20.2 Å². The molecule has 16 nitrogen and oxygen atoms in total. The van der Waals surface area contributed by atoms with E-state index in [2.05, 4.69) is 29.2 Å². The molecular weight excluding hydrogens is 713 g/mol. The SMILES string of the molecule is O=[N+]([O-])c1ccc(S(=O)(=O)NCCN(Cc2ccccn2)C2CCCCC2N(CCNS(=O)(=O)c2ccc([N+](=O)[O-])cc2)Cc2ccccn2)cc1. The van der Waals surface area contributed by atoms with Gasteiger partial charge in [0.25, 0.3) is 11.4 Å². The number of rotatable bonds is 18. The Morgan fingerprint density at radius 3 is 1.33 bits per heavy atom. The highest BCUT2D eigenvalue weighted by Gasteiger charge is 2.35. The summed E-state index contributed by atoms with van der Waals surface area (Å²) in [6.07, 6.45) is 6.90. The zero-order valence-corrected chi connectivity index (χ0v) is 29.9. The van der Waals surface area contributed by atoms with Crippen LogP contribution >= 0.6 is 0 Å². The number of nitrogens with one attached hydrogen (secondary N) is 2. The van der Waals surface area contributed by atoms with Crippen molar-refractivity contribution in [1.29, 1.82) is 0 Å². The van der Waals surface area contributed by atoms with Crippen LogP contribution in [0.2, 0.25) is 0 Å². The van der Waals surface area contributed by atoms with Crippen LogP contribution in [0.15, 0.2) is 107 Å². The molecule has 1 fully saturated rings. The normalized spacial score (nSPS) is 16.6. The molecule has 2 atom stereocenters. The molecule has 52 heavy (non-hydrogen) atoms. The summed E-state index contributed by atoms with van der Waals surface area (Å²) in [5.74, 6) is 0. The molecule has 276 valence electrons. The van der Waals surface area contributed by atoms with Crippen LogP contribution in [0.4, 0.5) is 11.4 Å². The van der Waals surface area contributed by atoms with Gasteiger partial charge in [-0.25, -0.2) is 26.3 Å². The van der Waals surface area contributed by atoms with E-state index in [1.165, 1.54) is 24.3 Å². The van der Waals surface area contributed by atoms with Crippen molar-refractivity contribution in [1.82, 2.24) is 29.2 Å². The number of hydrogen-bond donors (Lipinski definition) is 2. The van der Waals surface area contributed by atoms with Gasteiger partial charge in [0.05, 0.1) is 31.0 Å². The minimum Gasteiger partial charge on any atom is -0.292 e. The van der Waals surface area contributed by atoms with Crippen molar-refractivity contribution in [3.63, 3.8) is 0 Å². The molecule has 5 rings (SSSR count). The second-order valence-corrected chi connectivity index (χ2v) is 15.8. The first-order valence-corrected chi connectivity index (χ1v) is 19.7. The van der Waals surface area contributed by atoms with Crippen molar-refractivity contribution in [3.8, 4) is 0 Å². The lowest BCUT2D eigenvalue weighted by atomic mass is 9.87. The van der Waals surface area contributed by atoms with E-state index >= 15 is 0 Å². The van der Waals surface area contributed by atoms with Gasteiger partial charge in [0.1, 0.15) is 0 Å². The Balaban J connectivity index is 1.35. The Bertz CT molecular complexity index is 1860. The zero-order chi connectivity index (χ0) is 37.1. The third-order valence-corrected chi connectivity index (χ3v) is 11.9. The van der Waals surface area contributed by atoms with Crippen LogP contribution in [0.5, 0.6) is 0 Å². The molecule has 2 aromatic carbocycles. The summed E-state index contributed by atoms with van der Waals surface area (Å²) in [7, 11) is -7.92. The fourth-order valence-corrected chi connectivity index (χ4v) is 8.42. The maximum atomic E-state index is 13.1. The van der Waals surface area contributed by atoms with Gasteiger partial charge in [-0.3, -0.25) is 40.0 Å². The van der Waals surface area contributed by atoms with E-state index in [9.17, 15) is 37.1 Å². The molecule has 2 heterocycles. The van der Waals surface area contributed by atoms with Gasteiger partial charge in [-0.2, -0.15) is 0 Å². The van der Waals surface area contributed by atoms with Crippen LogP contribution in [0.3, 0.4) is 0 Å². The first-order chi connectivity index (χ1) is 24.9. The Morgan fingerprint density at radius 2 is 1.00 bits per heavy atom. The first-order valence-electron chi connectivity index (χ1n) is 16.7. The number of non-ortho nitro benzene ring substituents is 2. The van der Waals surface area contributed by atoms with Gasteiger partial charge < -0.3 is 0 Å². The molecule has 2 unspecified atom stereocenters. The summed E-state index contributed by atoms with van der Waals surface area (Å²) in [5, 5.41) is 22.1. The standard InChI is InChI=1S/C34H40N8O8S2/c43-41(44)29-11-15-31(16-12-29)51(47,48)37-21-23-39(25-27-7-3-5-19-35-27)33-9-1-2-10-34(33)40(26-28-8-4-6-20-36-28)24-22-38-52(49,50)32-17-13-30(14-18-32)42(45)46/h3-8,11-20,33-34,37-38H,1-2,9-10,21-26H2. The average Bonchev–Trinajstić information content (AvgIpc) is 3.15. The van der Waals surface area contributed by atoms with E-state index in [0.717, 1.165) is 61.3 Å². The van der Waals surface area contributed by atoms with Crippen molar-refractivity contribution in [2.45, 2.75) is 60.6 Å². The summed E-state index contributed by atoms with van der Waals surface area (Å²) in [4.78, 5) is 34.2. The first kappa shape index (κ1) is 38.5. The van der Waals surface area contributed by atoms with Crippen LogP contribution in [0.25, 0.3) is 0 Å². The topological polar surface area (TPSA) is 211 Å². The van der Waals surface area contributed by atoms with E-state index in [0.29, 0.717) is 26.2 Å². The third kappa shape index (κ3) is 10.4. The quantitative estimate of drug-likeness (QED) is 0.110. The van der Waals surface area contributed by atoms with Crippen LogP contribution in [0.1, 0.15) is 37.1 Å². The predicted molar refractivity (Wildman–Crippen MR) is 192 cm³/mol. The lowest BCUT2D eigenvalue weighted by molar-refractivity contribution is -0.385. The van der Waals surface area contributed by atoms with E-state index in [1.807, 2.05) is 36.4 Å².